The topological polar surface area (TPSA) is 101 Å². The van der Waals surface area contributed by atoms with Crippen molar-refractivity contribution in [3.63, 3.8) is 0 Å². The van der Waals surface area contributed by atoms with Crippen LogP contribution >= 0.6 is 11.6 Å². The highest BCUT2D eigenvalue weighted by molar-refractivity contribution is 7.92. The number of aromatic nitrogens is 2. The van der Waals surface area contributed by atoms with Crippen LogP contribution in [-0.4, -0.2) is 24.3 Å². The molecule has 0 bridgehead atoms. The van der Waals surface area contributed by atoms with Gasteiger partial charge in [-0.1, -0.05) is 23.7 Å². The first-order chi connectivity index (χ1) is 13.3. The minimum atomic E-state index is -4.21. The Balaban J connectivity index is 1.97. The Kier molecular flexibility index (Phi) is 5.57. The van der Waals surface area contributed by atoms with Crippen LogP contribution in [-0.2, 0) is 14.8 Å². The third-order valence-corrected chi connectivity index (χ3v) is 5.30. The normalized spacial score (nSPS) is 11.1. The van der Waals surface area contributed by atoms with Gasteiger partial charge in [-0.05, 0) is 24.3 Å². The molecule has 2 N–H and O–H groups in total. The average molecular weight is 421 g/mol. The predicted octanol–water partition coefficient (Wildman–Crippen LogP) is 3.70. The van der Waals surface area contributed by atoms with Gasteiger partial charge in [-0.2, -0.15) is 0 Å². The van der Waals surface area contributed by atoms with E-state index < -0.39 is 20.7 Å². The number of rotatable bonds is 5. The highest BCUT2D eigenvalue weighted by Gasteiger charge is 2.20. The van der Waals surface area contributed by atoms with Gasteiger partial charge in [0.25, 0.3) is 10.0 Å². The Morgan fingerprint density at radius 2 is 1.82 bits per heavy atom. The van der Waals surface area contributed by atoms with Crippen LogP contribution in [0.2, 0.25) is 5.15 Å². The first-order valence-corrected chi connectivity index (χ1v) is 9.78. The molecule has 10 heteroatoms. The molecule has 0 aliphatic carbocycles. The van der Waals surface area contributed by atoms with Crippen LogP contribution in [0.15, 0.2) is 59.9 Å². The van der Waals surface area contributed by atoms with E-state index in [0.717, 1.165) is 12.1 Å². The molecule has 0 unspecified atom stereocenters. The van der Waals surface area contributed by atoms with Gasteiger partial charge in [-0.3, -0.25) is 14.5 Å². The maximum absolute atomic E-state index is 13.9. The number of benzene rings is 1. The number of hydrogen-bond acceptors (Lipinski definition) is 5. The summed E-state index contributed by atoms with van der Waals surface area (Å²) in [4.78, 5) is 18.7. The lowest BCUT2D eigenvalue weighted by Gasteiger charge is -2.12. The van der Waals surface area contributed by atoms with Gasteiger partial charge in [-0.15, -0.1) is 0 Å². The molecule has 144 valence electrons. The van der Waals surface area contributed by atoms with Gasteiger partial charge in [0.15, 0.2) is 5.15 Å². The van der Waals surface area contributed by atoms with E-state index in [2.05, 4.69) is 20.0 Å². The van der Waals surface area contributed by atoms with Crippen molar-refractivity contribution in [1.29, 1.82) is 0 Å². The van der Waals surface area contributed by atoms with E-state index in [-0.39, 0.29) is 16.7 Å². The van der Waals surface area contributed by atoms with E-state index in [0.29, 0.717) is 16.8 Å². The highest BCUT2D eigenvalue weighted by atomic mass is 35.5. The number of halogens is 2. The number of sulfonamides is 1. The molecule has 0 aliphatic rings. The molecule has 7 nitrogen and oxygen atoms in total. The summed E-state index contributed by atoms with van der Waals surface area (Å²) in [7, 11) is -4.21. The molecule has 1 amide bonds. The van der Waals surface area contributed by atoms with Crippen molar-refractivity contribution in [1.82, 2.24) is 9.97 Å². The fourth-order valence-electron chi connectivity index (χ4n) is 2.41. The maximum Gasteiger partial charge on any atom is 0.264 e. The van der Waals surface area contributed by atoms with Gasteiger partial charge in [0.05, 0.1) is 17.6 Å². The number of amides is 1. The van der Waals surface area contributed by atoms with Crippen molar-refractivity contribution in [2.45, 2.75) is 11.8 Å². The summed E-state index contributed by atoms with van der Waals surface area (Å²) in [5, 5.41) is 2.50. The van der Waals surface area contributed by atoms with Crippen molar-refractivity contribution in [3.8, 4) is 11.1 Å². The van der Waals surface area contributed by atoms with E-state index in [1.54, 1.807) is 6.07 Å². The van der Waals surface area contributed by atoms with Crippen LogP contribution in [0.1, 0.15) is 6.92 Å². The number of anilines is 2. The molecule has 0 spiro atoms. The van der Waals surface area contributed by atoms with E-state index in [9.17, 15) is 17.6 Å². The van der Waals surface area contributed by atoms with Crippen molar-refractivity contribution >= 4 is 38.9 Å². The quantitative estimate of drug-likeness (QED) is 0.613. The lowest BCUT2D eigenvalue weighted by atomic mass is 10.1. The minimum Gasteiger partial charge on any atom is -0.325 e. The Bertz CT molecular complexity index is 1160. The number of carbonyl (C=O) groups excluding carboxylic acids is 1. The maximum atomic E-state index is 13.9. The molecule has 2 aromatic heterocycles. The largest absolute Gasteiger partial charge is 0.325 e. The van der Waals surface area contributed by atoms with Crippen LogP contribution in [0.4, 0.5) is 15.8 Å². The Morgan fingerprint density at radius 1 is 1.11 bits per heavy atom. The second kappa shape index (κ2) is 7.91. The molecule has 0 fully saturated rings. The number of pyridine rings is 2. The molecule has 0 saturated heterocycles. The van der Waals surface area contributed by atoms with Crippen molar-refractivity contribution in [2.24, 2.45) is 0 Å². The monoisotopic (exact) mass is 420 g/mol. The summed E-state index contributed by atoms with van der Waals surface area (Å²) in [6.07, 6.45) is 4.42. The van der Waals surface area contributed by atoms with Crippen LogP contribution < -0.4 is 10.0 Å². The van der Waals surface area contributed by atoms with Gasteiger partial charge >= 0.3 is 0 Å². The predicted molar refractivity (Wildman–Crippen MR) is 104 cm³/mol. The number of carbonyl (C=O) groups is 1. The van der Waals surface area contributed by atoms with Gasteiger partial charge in [0, 0.05) is 30.4 Å². The second-order valence-corrected chi connectivity index (χ2v) is 7.75. The van der Waals surface area contributed by atoms with Gasteiger partial charge in [0.2, 0.25) is 5.91 Å². The zero-order valence-electron chi connectivity index (χ0n) is 14.5. The molecule has 28 heavy (non-hydrogen) atoms. The number of hydrogen-bond donors (Lipinski definition) is 2. The fourth-order valence-corrected chi connectivity index (χ4v) is 3.75. The lowest BCUT2D eigenvalue weighted by Crippen LogP contribution is -2.15. The van der Waals surface area contributed by atoms with Crippen molar-refractivity contribution in [3.05, 3.63) is 66.0 Å². The first-order valence-electron chi connectivity index (χ1n) is 7.92. The average Bonchev–Trinajstić information content (AvgIpc) is 2.63. The Morgan fingerprint density at radius 3 is 2.54 bits per heavy atom. The summed E-state index contributed by atoms with van der Waals surface area (Å²) in [5.41, 5.74) is 1.51. The summed E-state index contributed by atoms with van der Waals surface area (Å²) in [6, 6.07) is 8.08. The summed E-state index contributed by atoms with van der Waals surface area (Å²) < 4.78 is 41.1. The molecular weight excluding hydrogens is 407 g/mol. The lowest BCUT2D eigenvalue weighted by molar-refractivity contribution is -0.114. The molecule has 0 aliphatic heterocycles. The minimum absolute atomic E-state index is 0.0210. The summed E-state index contributed by atoms with van der Waals surface area (Å²) >= 11 is 6.01. The van der Waals surface area contributed by atoms with E-state index in [1.807, 2.05) is 0 Å². The molecule has 3 rings (SSSR count). The molecule has 3 aromatic rings. The highest BCUT2D eigenvalue weighted by Crippen LogP contribution is 2.29. The van der Waals surface area contributed by atoms with Crippen LogP contribution in [0.3, 0.4) is 0 Å². The number of nitrogens with zero attached hydrogens (tertiary/aromatic N) is 2. The van der Waals surface area contributed by atoms with Gasteiger partial charge in [0.1, 0.15) is 10.7 Å². The summed E-state index contributed by atoms with van der Waals surface area (Å²) in [6.45, 7) is 1.37. The molecular formula is C18H14ClFN4O3S. The molecule has 0 atom stereocenters. The molecule has 0 radical (unpaired) electrons. The second-order valence-electron chi connectivity index (χ2n) is 5.74. The summed E-state index contributed by atoms with van der Waals surface area (Å²) in [5.74, 6) is -1.14. The third kappa shape index (κ3) is 4.44. The molecule has 1 aromatic carbocycles. The van der Waals surface area contributed by atoms with E-state index >= 15 is 0 Å². The zero-order valence-corrected chi connectivity index (χ0v) is 16.1. The Hall–Kier alpha value is -3.04. The Labute approximate surface area is 165 Å². The van der Waals surface area contributed by atoms with Crippen LogP contribution in [0.25, 0.3) is 11.1 Å². The van der Waals surface area contributed by atoms with E-state index in [4.69, 9.17) is 11.6 Å². The standard InChI is InChI=1S/C18H14ClFN4O3S/c1-11(25)23-14-6-12(8-21-10-14)13-7-16(18(19)22-9-13)24-28(26,27)17-5-3-2-4-15(17)20/h2-10,24H,1H3,(H,23,25). The molecule has 0 saturated carbocycles. The van der Waals surface area contributed by atoms with E-state index in [1.165, 1.54) is 43.7 Å². The van der Waals surface area contributed by atoms with Crippen molar-refractivity contribution in [2.75, 3.05) is 10.0 Å². The van der Waals surface area contributed by atoms with Gasteiger partial charge < -0.3 is 5.32 Å². The van der Waals surface area contributed by atoms with Crippen LogP contribution in [0.5, 0.6) is 0 Å². The smallest absolute Gasteiger partial charge is 0.264 e. The van der Waals surface area contributed by atoms with Crippen LogP contribution in [0, 0.1) is 5.82 Å². The van der Waals surface area contributed by atoms with Crippen molar-refractivity contribution < 1.29 is 17.6 Å². The fraction of sp³-hybridized carbons (Fsp3) is 0.0556. The SMILES string of the molecule is CC(=O)Nc1cncc(-c2cnc(Cl)c(NS(=O)(=O)c3ccccc3F)c2)c1. The number of nitrogens with one attached hydrogen (secondary N) is 2. The van der Waals surface area contributed by atoms with Gasteiger partial charge in [-0.25, -0.2) is 17.8 Å². The first kappa shape index (κ1) is 19.7. The zero-order chi connectivity index (χ0) is 20.3. The third-order valence-electron chi connectivity index (χ3n) is 3.60. The molecule has 2 heterocycles.